The molecule has 2 unspecified atom stereocenters. The van der Waals surface area contributed by atoms with Crippen molar-refractivity contribution in [2.24, 2.45) is 0 Å². The van der Waals surface area contributed by atoms with Gasteiger partial charge in [0, 0.05) is 0 Å². The molecule has 0 aromatic heterocycles. The highest BCUT2D eigenvalue weighted by Crippen LogP contribution is 2.30. The summed E-state index contributed by atoms with van der Waals surface area (Å²) < 4.78 is 0. The number of hydrogen-bond acceptors (Lipinski definition) is 1. The zero-order valence-corrected chi connectivity index (χ0v) is 10.7. The van der Waals surface area contributed by atoms with Gasteiger partial charge in [0.1, 0.15) is 0 Å². The van der Waals surface area contributed by atoms with E-state index < -0.39 is 0 Å². The molecule has 1 heteroatoms. The molecule has 0 saturated carbocycles. The van der Waals surface area contributed by atoms with Gasteiger partial charge in [0.05, 0.1) is 11.6 Å². The van der Waals surface area contributed by atoms with E-state index in [1.54, 1.807) is 0 Å². The largest absolute Gasteiger partial charge is 0.192 e. The van der Waals surface area contributed by atoms with Gasteiger partial charge in [0.15, 0.2) is 0 Å². The predicted molar refractivity (Wildman–Crippen MR) is 68.6 cm³/mol. The Labute approximate surface area is 99.1 Å². The average Bonchev–Trinajstić information content (AvgIpc) is 2.36. The van der Waals surface area contributed by atoms with Crippen LogP contribution in [-0.4, -0.2) is 0 Å². The molecule has 0 saturated heterocycles. The third kappa shape index (κ3) is 2.64. The molecule has 0 spiro atoms. The molecule has 86 valence electrons. The fourth-order valence-corrected chi connectivity index (χ4v) is 1.96. The van der Waals surface area contributed by atoms with Crippen LogP contribution in [0.15, 0.2) is 18.2 Å². The smallest absolute Gasteiger partial charge is 0.0991 e. The van der Waals surface area contributed by atoms with Crippen molar-refractivity contribution in [3.63, 3.8) is 0 Å². The van der Waals surface area contributed by atoms with Crippen LogP contribution < -0.4 is 0 Å². The SMILES string of the molecule is CCC(C)c1ccc(C#N)cc1C(C)CC. The summed E-state index contributed by atoms with van der Waals surface area (Å²) in [5.41, 5.74) is 3.55. The molecule has 0 bridgehead atoms. The fourth-order valence-electron chi connectivity index (χ4n) is 1.96. The van der Waals surface area contributed by atoms with Crippen LogP contribution in [0, 0.1) is 11.3 Å². The van der Waals surface area contributed by atoms with Gasteiger partial charge in [0.25, 0.3) is 0 Å². The Morgan fingerprint density at radius 1 is 1.06 bits per heavy atom. The van der Waals surface area contributed by atoms with Crippen molar-refractivity contribution in [1.29, 1.82) is 5.26 Å². The lowest BCUT2D eigenvalue weighted by Gasteiger charge is -2.19. The van der Waals surface area contributed by atoms with Gasteiger partial charge in [-0.3, -0.25) is 0 Å². The van der Waals surface area contributed by atoms with Gasteiger partial charge in [-0.15, -0.1) is 0 Å². The quantitative estimate of drug-likeness (QED) is 0.721. The topological polar surface area (TPSA) is 23.8 Å². The molecule has 0 N–H and O–H groups in total. The zero-order chi connectivity index (χ0) is 12.1. The van der Waals surface area contributed by atoms with Gasteiger partial charge in [-0.25, -0.2) is 0 Å². The Kier molecular flexibility index (Phi) is 4.55. The summed E-state index contributed by atoms with van der Waals surface area (Å²) in [4.78, 5) is 0. The second kappa shape index (κ2) is 5.70. The van der Waals surface area contributed by atoms with Crippen LogP contribution in [0.5, 0.6) is 0 Å². The van der Waals surface area contributed by atoms with Crippen molar-refractivity contribution >= 4 is 0 Å². The van der Waals surface area contributed by atoms with Gasteiger partial charge in [0.2, 0.25) is 0 Å². The normalized spacial score (nSPS) is 14.2. The van der Waals surface area contributed by atoms with E-state index in [4.69, 9.17) is 5.26 Å². The third-order valence-corrected chi connectivity index (χ3v) is 3.50. The van der Waals surface area contributed by atoms with Crippen LogP contribution in [0.2, 0.25) is 0 Å². The second-order valence-electron chi connectivity index (χ2n) is 4.57. The number of rotatable bonds is 4. The molecule has 0 fully saturated rings. The Morgan fingerprint density at radius 3 is 2.12 bits per heavy atom. The minimum Gasteiger partial charge on any atom is -0.192 e. The van der Waals surface area contributed by atoms with Crippen molar-refractivity contribution in [2.45, 2.75) is 52.4 Å². The first-order chi connectivity index (χ1) is 7.63. The van der Waals surface area contributed by atoms with Crippen molar-refractivity contribution in [2.75, 3.05) is 0 Å². The minimum absolute atomic E-state index is 0.539. The highest BCUT2D eigenvalue weighted by molar-refractivity contribution is 5.41. The molecule has 1 rings (SSSR count). The van der Waals surface area contributed by atoms with Gasteiger partial charge < -0.3 is 0 Å². The lowest BCUT2D eigenvalue weighted by atomic mass is 9.86. The van der Waals surface area contributed by atoms with Crippen LogP contribution in [0.1, 0.15) is 69.1 Å². The van der Waals surface area contributed by atoms with Gasteiger partial charge in [-0.05, 0) is 47.9 Å². The molecule has 0 heterocycles. The summed E-state index contributed by atoms with van der Waals surface area (Å²) in [5.74, 6) is 1.12. The van der Waals surface area contributed by atoms with Gasteiger partial charge in [-0.1, -0.05) is 33.8 Å². The maximum Gasteiger partial charge on any atom is 0.0991 e. The number of nitriles is 1. The van der Waals surface area contributed by atoms with Crippen LogP contribution in [-0.2, 0) is 0 Å². The van der Waals surface area contributed by atoms with Crippen LogP contribution in [0.3, 0.4) is 0 Å². The molecule has 2 atom stereocenters. The van der Waals surface area contributed by atoms with Crippen LogP contribution >= 0.6 is 0 Å². The summed E-state index contributed by atoms with van der Waals surface area (Å²) in [6.45, 7) is 8.91. The summed E-state index contributed by atoms with van der Waals surface area (Å²) in [7, 11) is 0. The summed E-state index contributed by atoms with van der Waals surface area (Å²) in [5, 5.41) is 8.95. The molecule has 0 amide bonds. The molecule has 1 nitrogen and oxygen atoms in total. The lowest BCUT2D eigenvalue weighted by Crippen LogP contribution is -2.02. The van der Waals surface area contributed by atoms with E-state index in [-0.39, 0.29) is 0 Å². The maximum atomic E-state index is 8.95. The molecule has 1 aromatic rings. The molecule has 1 aromatic carbocycles. The number of benzene rings is 1. The fraction of sp³-hybridized carbons (Fsp3) is 0.533. The number of hydrogen-bond donors (Lipinski definition) is 0. The highest BCUT2D eigenvalue weighted by atomic mass is 14.2. The first-order valence-corrected chi connectivity index (χ1v) is 6.17. The molecular weight excluding hydrogens is 194 g/mol. The van der Waals surface area contributed by atoms with Crippen molar-refractivity contribution in [1.82, 2.24) is 0 Å². The first-order valence-electron chi connectivity index (χ1n) is 6.17. The monoisotopic (exact) mass is 215 g/mol. The first kappa shape index (κ1) is 12.8. The average molecular weight is 215 g/mol. The van der Waals surface area contributed by atoms with E-state index in [1.807, 2.05) is 6.07 Å². The van der Waals surface area contributed by atoms with E-state index in [0.29, 0.717) is 11.8 Å². The van der Waals surface area contributed by atoms with E-state index in [1.165, 1.54) is 11.1 Å². The Balaban J connectivity index is 3.22. The van der Waals surface area contributed by atoms with Crippen molar-refractivity contribution < 1.29 is 0 Å². The highest BCUT2D eigenvalue weighted by Gasteiger charge is 2.13. The van der Waals surface area contributed by atoms with Crippen molar-refractivity contribution in [3.05, 3.63) is 34.9 Å². The zero-order valence-electron chi connectivity index (χ0n) is 10.7. The second-order valence-corrected chi connectivity index (χ2v) is 4.57. The van der Waals surface area contributed by atoms with Crippen molar-refractivity contribution in [3.8, 4) is 6.07 Å². The Morgan fingerprint density at radius 2 is 1.62 bits per heavy atom. The summed E-state index contributed by atoms with van der Waals surface area (Å²) in [6, 6.07) is 8.37. The van der Waals surface area contributed by atoms with E-state index in [0.717, 1.165) is 18.4 Å². The lowest BCUT2D eigenvalue weighted by molar-refractivity contribution is 0.676. The van der Waals surface area contributed by atoms with E-state index in [2.05, 4.69) is 45.9 Å². The predicted octanol–water partition coefficient (Wildman–Crippen LogP) is 4.59. The van der Waals surface area contributed by atoms with E-state index >= 15 is 0 Å². The van der Waals surface area contributed by atoms with Gasteiger partial charge in [-0.2, -0.15) is 5.26 Å². The third-order valence-electron chi connectivity index (χ3n) is 3.50. The Bertz CT molecular complexity index is 387. The van der Waals surface area contributed by atoms with Gasteiger partial charge >= 0.3 is 0 Å². The minimum atomic E-state index is 0.539. The van der Waals surface area contributed by atoms with Crippen LogP contribution in [0.4, 0.5) is 0 Å². The number of nitrogens with zero attached hydrogens (tertiary/aromatic N) is 1. The Hall–Kier alpha value is -1.29. The summed E-state index contributed by atoms with van der Waals surface area (Å²) >= 11 is 0. The summed E-state index contributed by atoms with van der Waals surface area (Å²) in [6.07, 6.45) is 2.27. The standard InChI is InChI=1S/C15H21N/c1-5-11(3)14-8-7-13(10-16)9-15(14)12(4)6-2/h7-9,11-12H,5-6H2,1-4H3. The molecule has 0 aliphatic heterocycles. The van der Waals surface area contributed by atoms with E-state index in [9.17, 15) is 0 Å². The molecule has 0 aliphatic carbocycles. The van der Waals surface area contributed by atoms with Crippen LogP contribution in [0.25, 0.3) is 0 Å². The maximum absolute atomic E-state index is 8.95. The molecule has 16 heavy (non-hydrogen) atoms. The molecule has 0 radical (unpaired) electrons. The molecule has 0 aliphatic rings. The molecular formula is C15H21N.